The third kappa shape index (κ3) is 9.47. The molecule has 0 bridgehead atoms. The zero-order valence-corrected chi connectivity index (χ0v) is 9.87. The molecular weight excluding hydrogens is 188 g/mol. The lowest BCUT2D eigenvalue weighted by Crippen LogP contribution is -2.30. The molecule has 0 radical (unpaired) electrons. The van der Waals surface area contributed by atoms with Crippen LogP contribution < -0.4 is 5.73 Å². The van der Waals surface area contributed by atoms with Gasteiger partial charge in [0.1, 0.15) is 0 Å². The number of hydrogen-bond acceptors (Lipinski definition) is 2. The lowest BCUT2D eigenvalue weighted by molar-refractivity contribution is -0.113. The Hall–Kier alpha value is -0.830. The standard InChI is InChI=1S/C9H19N.C3H5NO/c1-2-3-7-10-8-5-4-6-9-10;1-2-3(4)5/h2-9H2,1H3;2H,1H2,(H2,4,5). The molecule has 1 aliphatic heterocycles. The Balaban J connectivity index is 0.000000336. The molecule has 0 unspecified atom stereocenters. The predicted octanol–water partition coefficient (Wildman–Crippen LogP) is 1.93. The Morgan fingerprint density at radius 2 is 1.93 bits per heavy atom. The van der Waals surface area contributed by atoms with Gasteiger partial charge in [0.05, 0.1) is 0 Å². The third-order valence-corrected chi connectivity index (χ3v) is 2.48. The first-order valence-electron chi connectivity index (χ1n) is 5.85. The maximum absolute atomic E-state index is 9.47. The molecular formula is C12H24N2O. The first-order valence-corrected chi connectivity index (χ1v) is 5.85. The Bertz CT molecular complexity index is 174. The summed E-state index contributed by atoms with van der Waals surface area (Å²) in [6, 6.07) is 0. The van der Waals surface area contributed by atoms with E-state index in [1.54, 1.807) is 0 Å². The summed E-state index contributed by atoms with van der Waals surface area (Å²) in [6.07, 6.45) is 8.12. The van der Waals surface area contributed by atoms with Crippen LogP contribution >= 0.6 is 0 Å². The van der Waals surface area contributed by atoms with Crippen molar-refractivity contribution in [3.63, 3.8) is 0 Å². The molecule has 1 rings (SSSR count). The molecule has 0 saturated carbocycles. The summed E-state index contributed by atoms with van der Waals surface area (Å²) in [5.41, 5.74) is 4.53. The van der Waals surface area contributed by atoms with Crippen molar-refractivity contribution < 1.29 is 4.79 Å². The molecule has 1 aliphatic rings. The number of likely N-dealkylation sites (tertiary alicyclic amines) is 1. The Kier molecular flexibility index (Phi) is 9.18. The summed E-state index contributed by atoms with van der Waals surface area (Å²) < 4.78 is 0. The van der Waals surface area contributed by atoms with Gasteiger partial charge in [-0.3, -0.25) is 4.79 Å². The van der Waals surface area contributed by atoms with Gasteiger partial charge in [-0.1, -0.05) is 26.3 Å². The molecule has 0 aromatic rings. The lowest BCUT2D eigenvalue weighted by atomic mass is 10.1. The number of nitrogens with zero attached hydrogens (tertiary/aromatic N) is 1. The molecule has 1 amide bonds. The second-order valence-corrected chi connectivity index (χ2v) is 3.86. The average molecular weight is 212 g/mol. The number of primary amides is 1. The first kappa shape index (κ1) is 14.2. The van der Waals surface area contributed by atoms with E-state index in [1.165, 1.54) is 51.7 Å². The van der Waals surface area contributed by atoms with Gasteiger partial charge >= 0.3 is 0 Å². The fourth-order valence-electron chi connectivity index (χ4n) is 1.56. The topological polar surface area (TPSA) is 46.3 Å². The van der Waals surface area contributed by atoms with E-state index in [0.717, 1.165) is 6.08 Å². The van der Waals surface area contributed by atoms with Crippen molar-refractivity contribution in [2.75, 3.05) is 19.6 Å². The van der Waals surface area contributed by atoms with Crippen LogP contribution in [0.25, 0.3) is 0 Å². The van der Waals surface area contributed by atoms with Crippen molar-refractivity contribution in [1.82, 2.24) is 4.90 Å². The van der Waals surface area contributed by atoms with E-state index in [-0.39, 0.29) is 0 Å². The van der Waals surface area contributed by atoms with Crippen LogP contribution in [0.4, 0.5) is 0 Å². The quantitative estimate of drug-likeness (QED) is 0.724. The monoisotopic (exact) mass is 212 g/mol. The summed E-state index contributed by atoms with van der Waals surface area (Å²) >= 11 is 0. The number of carbonyl (C=O) groups is 1. The predicted molar refractivity (Wildman–Crippen MR) is 64.6 cm³/mol. The van der Waals surface area contributed by atoms with Crippen molar-refractivity contribution in [3.05, 3.63) is 12.7 Å². The van der Waals surface area contributed by atoms with E-state index in [9.17, 15) is 4.79 Å². The second kappa shape index (κ2) is 9.71. The number of amides is 1. The van der Waals surface area contributed by atoms with Crippen molar-refractivity contribution in [2.24, 2.45) is 5.73 Å². The highest BCUT2D eigenvalue weighted by Crippen LogP contribution is 2.08. The van der Waals surface area contributed by atoms with Crippen LogP contribution in [0.15, 0.2) is 12.7 Å². The van der Waals surface area contributed by atoms with E-state index in [0.29, 0.717) is 0 Å². The summed E-state index contributed by atoms with van der Waals surface area (Å²) in [5, 5.41) is 0. The molecule has 0 aromatic heterocycles. The van der Waals surface area contributed by atoms with Crippen LogP contribution in [0.5, 0.6) is 0 Å². The molecule has 1 saturated heterocycles. The molecule has 0 aromatic carbocycles. The van der Waals surface area contributed by atoms with Gasteiger partial charge in [0.2, 0.25) is 5.91 Å². The van der Waals surface area contributed by atoms with Crippen LogP contribution in [-0.2, 0) is 4.79 Å². The van der Waals surface area contributed by atoms with Gasteiger partial charge in [-0.05, 0) is 45.0 Å². The van der Waals surface area contributed by atoms with Crippen molar-refractivity contribution in [3.8, 4) is 0 Å². The maximum Gasteiger partial charge on any atom is 0.240 e. The third-order valence-electron chi connectivity index (χ3n) is 2.48. The molecule has 0 atom stereocenters. The van der Waals surface area contributed by atoms with Gasteiger partial charge < -0.3 is 10.6 Å². The fraction of sp³-hybridized carbons (Fsp3) is 0.750. The summed E-state index contributed by atoms with van der Waals surface area (Å²) in [6.45, 7) is 9.42. The number of piperidine rings is 1. The summed E-state index contributed by atoms with van der Waals surface area (Å²) in [5.74, 6) is -0.481. The van der Waals surface area contributed by atoms with Crippen molar-refractivity contribution in [1.29, 1.82) is 0 Å². The first-order chi connectivity index (χ1) is 7.20. The minimum atomic E-state index is -0.481. The van der Waals surface area contributed by atoms with Crippen molar-refractivity contribution in [2.45, 2.75) is 39.0 Å². The van der Waals surface area contributed by atoms with Gasteiger partial charge in [-0.2, -0.15) is 0 Å². The minimum Gasteiger partial charge on any atom is -0.366 e. The molecule has 1 heterocycles. The van der Waals surface area contributed by atoms with E-state index in [4.69, 9.17) is 0 Å². The highest BCUT2D eigenvalue weighted by molar-refractivity contribution is 5.84. The van der Waals surface area contributed by atoms with Crippen LogP contribution in [0.3, 0.4) is 0 Å². The molecule has 0 aliphatic carbocycles. The molecule has 3 heteroatoms. The SMILES string of the molecule is C=CC(N)=O.CCCCN1CCCCC1. The smallest absolute Gasteiger partial charge is 0.240 e. The average Bonchev–Trinajstić information content (AvgIpc) is 2.28. The number of nitrogens with two attached hydrogens (primary N) is 1. The largest absolute Gasteiger partial charge is 0.366 e. The Morgan fingerprint density at radius 1 is 1.40 bits per heavy atom. The molecule has 1 fully saturated rings. The van der Waals surface area contributed by atoms with Crippen LogP contribution in [0.1, 0.15) is 39.0 Å². The highest BCUT2D eigenvalue weighted by Gasteiger charge is 2.07. The number of rotatable bonds is 4. The van der Waals surface area contributed by atoms with Crippen LogP contribution in [0, 0.1) is 0 Å². The van der Waals surface area contributed by atoms with E-state index in [2.05, 4.69) is 24.1 Å². The molecule has 3 nitrogen and oxygen atoms in total. The summed E-state index contributed by atoms with van der Waals surface area (Å²) in [4.78, 5) is 12.1. The molecule has 0 spiro atoms. The van der Waals surface area contributed by atoms with E-state index >= 15 is 0 Å². The Labute approximate surface area is 93.3 Å². The Morgan fingerprint density at radius 3 is 2.33 bits per heavy atom. The second-order valence-electron chi connectivity index (χ2n) is 3.86. The van der Waals surface area contributed by atoms with Gasteiger partial charge in [0, 0.05) is 0 Å². The highest BCUT2D eigenvalue weighted by atomic mass is 16.1. The van der Waals surface area contributed by atoms with Gasteiger partial charge in [-0.15, -0.1) is 0 Å². The molecule has 88 valence electrons. The minimum absolute atomic E-state index is 0.481. The van der Waals surface area contributed by atoms with Crippen LogP contribution in [0.2, 0.25) is 0 Å². The number of hydrogen-bond donors (Lipinski definition) is 1. The lowest BCUT2D eigenvalue weighted by Gasteiger charge is -2.25. The van der Waals surface area contributed by atoms with Gasteiger partial charge in [-0.25, -0.2) is 0 Å². The zero-order valence-electron chi connectivity index (χ0n) is 9.87. The van der Waals surface area contributed by atoms with Crippen molar-refractivity contribution >= 4 is 5.91 Å². The normalized spacial score (nSPS) is 16.3. The maximum atomic E-state index is 9.47. The van der Waals surface area contributed by atoms with E-state index in [1.807, 2.05) is 0 Å². The summed E-state index contributed by atoms with van der Waals surface area (Å²) in [7, 11) is 0. The van der Waals surface area contributed by atoms with Gasteiger partial charge in [0.25, 0.3) is 0 Å². The van der Waals surface area contributed by atoms with Gasteiger partial charge in [0.15, 0.2) is 0 Å². The zero-order chi connectivity index (χ0) is 11.5. The molecule has 2 N–H and O–H groups in total. The van der Waals surface area contributed by atoms with Crippen LogP contribution in [-0.4, -0.2) is 30.4 Å². The fourth-order valence-corrected chi connectivity index (χ4v) is 1.56. The molecule has 15 heavy (non-hydrogen) atoms. The van der Waals surface area contributed by atoms with E-state index < -0.39 is 5.91 Å². The number of unbranched alkanes of at least 4 members (excludes halogenated alkanes) is 1. The number of carbonyl (C=O) groups excluding carboxylic acids is 1.